The average molecular weight is 431 g/mol. The van der Waals surface area contributed by atoms with Crippen molar-refractivity contribution >= 4 is 17.5 Å². The third-order valence-corrected chi connectivity index (χ3v) is 5.53. The Balaban J connectivity index is 1.40. The predicted molar refractivity (Wildman–Crippen MR) is 123 cm³/mol. The minimum atomic E-state index is -0.284. The van der Waals surface area contributed by atoms with E-state index in [1.165, 1.54) is 12.7 Å². The zero-order chi connectivity index (χ0) is 22.5. The lowest BCUT2D eigenvalue weighted by molar-refractivity contribution is -0.126. The molecule has 0 saturated carbocycles. The first-order chi connectivity index (χ1) is 15.5. The van der Waals surface area contributed by atoms with E-state index < -0.39 is 0 Å². The first-order valence-electron chi connectivity index (χ1n) is 10.6. The maximum atomic E-state index is 12.7. The molecular formula is C26H26N2O4. The van der Waals surface area contributed by atoms with Crippen LogP contribution in [-0.2, 0) is 17.8 Å². The summed E-state index contributed by atoms with van der Waals surface area (Å²) in [5.74, 6) is 0.666. The first-order valence-corrected chi connectivity index (χ1v) is 10.6. The number of carbonyl (C=O) groups is 2. The van der Waals surface area contributed by atoms with Crippen LogP contribution in [-0.4, -0.2) is 25.5 Å². The molecule has 0 fully saturated rings. The van der Waals surface area contributed by atoms with E-state index >= 15 is 0 Å². The second-order valence-corrected chi connectivity index (χ2v) is 7.89. The van der Waals surface area contributed by atoms with Crippen LogP contribution in [0, 0.1) is 12.8 Å². The van der Waals surface area contributed by atoms with Gasteiger partial charge in [-0.15, -0.1) is 0 Å². The molecule has 4 rings (SSSR count). The van der Waals surface area contributed by atoms with Crippen LogP contribution in [0.25, 0.3) is 0 Å². The molecule has 3 aromatic rings. The third kappa shape index (κ3) is 4.91. The highest BCUT2D eigenvalue weighted by Gasteiger charge is 2.26. The molecule has 1 heterocycles. The van der Waals surface area contributed by atoms with Crippen molar-refractivity contribution in [2.45, 2.75) is 19.9 Å². The smallest absolute Gasteiger partial charge is 0.259 e. The molecule has 6 heteroatoms. The van der Waals surface area contributed by atoms with Gasteiger partial charge < -0.3 is 20.1 Å². The monoisotopic (exact) mass is 430 g/mol. The summed E-state index contributed by atoms with van der Waals surface area (Å²) in [7, 11) is 1.53. The lowest BCUT2D eigenvalue weighted by Crippen LogP contribution is -2.37. The van der Waals surface area contributed by atoms with Crippen molar-refractivity contribution in [2.24, 2.45) is 5.92 Å². The van der Waals surface area contributed by atoms with Crippen molar-refractivity contribution < 1.29 is 19.1 Å². The highest BCUT2D eigenvalue weighted by atomic mass is 16.5. The number of hydrogen-bond acceptors (Lipinski definition) is 4. The number of fused-ring (bicyclic) bond motifs is 1. The van der Waals surface area contributed by atoms with Gasteiger partial charge in [-0.05, 0) is 54.8 Å². The first kappa shape index (κ1) is 21.4. The Morgan fingerprint density at radius 3 is 2.62 bits per heavy atom. The van der Waals surface area contributed by atoms with Gasteiger partial charge in [-0.3, -0.25) is 9.59 Å². The molecule has 0 aliphatic carbocycles. The van der Waals surface area contributed by atoms with Gasteiger partial charge in [0.1, 0.15) is 18.1 Å². The van der Waals surface area contributed by atoms with E-state index in [0.717, 1.165) is 16.9 Å². The molecule has 0 spiro atoms. The lowest BCUT2D eigenvalue weighted by Gasteiger charge is -2.25. The number of anilines is 1. The van der Waals surface area contributed by atoms with E-state index in [0.29, 0.717) is 36.6 Å². The number of carbonyl (C=O) groups excluding carboxylic acids is 2. The summed E-state index contributed by atoms with van der Waals surface area (Å²) in [4.78, 5) is 25.4. The van der Waals surface area contributed by atoms with Gasteiger partial charge in [0.05, 0.1) is 18.6 Å². The Bertz CT molecular complexity index is 1120. The highest BCUT2D eigenvalue weighted by Crippen LogP contribution is 2.30. The van der Waals surface area contributed by atoms with Gasteiger partial charge in [-0.25, -0.2) is 0 Å². The van der Waals surface area contributed by atoms with Gasteiger partial charge in [-0.2, -0.15) is 0 Å². The molecule has 1 aliphatic heterocycles. The Labute approximate surface area is 187 Å². The van der Waals surface area contributed by atoms with Crippen molar-refractivity contribution in [3.63, 3.8) is 0 Å². The fourth-order valence-corrected chi connectivity index (χ4v) is 3.71. The van der Waals surface area contributed by atoms with Crippen LogP contribution in [0.2, 0.25) is 0 Å². The van der Waals surface area contributed by atoms with E-state index in [2.05, 4.69) is 10.6 Å². The summed E-state index contributed by atoms with van der Waals surface area (Å²) < 4.78 is 11.1. The van der Waals surface area contributed by atoms with Crippen molar-refractivity contribution in [1.29, 1.82) is 0 Å². The fourth-order valence-electron chi connectivity index (χ4n) is 3.71. The summed E-state index contributed by atoms with van der Waals surface area (Å²) in [5, 5.41) is 5.90. The summed E-state index contributed by atoms with van der Waals surface area (Å²) in [6, 6.07) is 20.6. The number of benzene rings is 3. The third-order valence-electron chi connectivity index (χ3n) is 5.53. The van der Waals surface area contributed by atoms with Crippen molar-refractivity contribution in [3.8, 4) is 11.5 Å². The van der Waals surface area contributed by atoms with Crippen LogP contribution in [0.15, 0.2) is 66.7 Å². The quantitative estimate of drug-likeness (QED) is 0.617. The summed E-state index contributed by atoms with van der Waals surface area (Å²) in [6.07, 6.45) is 0.549. The van der Waals surface area contributed by atoms with E-state index in [1.807, 2.05) is 49.4 Å². The van der Waals surface area contributed by atoms with Crippen molar-refractivity contribution in [3.05, 3.63) is 89.0 Å². The molecule has 32 heavy (non-hydrogen) atoms. The van der Waals surface area contributed by atoms with Gasteiger partial charge in [0.2, 0.25) is 5.91 Å². The number of nitrogens with one attached hydrogen (secondary N) is 2. The number of rotatable bonds is 6. The van der Waals surface area contributed by atoms with E-state index in [1.54, 1.807) is 24.3 Å². The van der Waals surface area contributed by atoms with Gasteiger partial charge >= 0.3 is 0 Å². The number of hydrogen-bond donors (Lipinski definition) is 2. The molecule has 164 valence electrons. The summed E-state index contributed by atoms with van der Waals surface area (Å²) >= 11 is 0. The van der Waals surface area contributed by atoms with Crippen LogP contribution in [0.5, 0.6) is 11.5 Å². The molecule has 2 N–H and O–H groups in total. The van der Waals surface area contributed by atoms with Crippen LogP contribution >= 0.6 is 0 Å². The Kier molecular flexibility index (Phi) is 6.40. The molecule has 1 aliphatic rings. The SMILES string of the molecule is COc1ccccc1C(=O)Nc1ccc2c(c1)C[C@@H](C(=O)NCc1ccc(C)cc1)CO2. The number of amides is 2. The molecule has 0 saturated heterocycles. The minimum absolute atomic E-state index is 0.0420. The molecule has 1 atom stereocenters. The molecule has 3 aromatic carbocycles. The standard InChI is InChI=1S/C26H26N2O4/c1-17-7-9-18(10-8-17)15-27-25(29)20-13-19-14-21(11-12-23(19)32-16-20)28-26(30)22-5-3-4-6-24(22)31-2/h3-12,14,20H,13,15-16H2,1-2H3,(H,27,29)(H,28,30)/t20-/m1/s1. The molecule has 0 radical (unpaired) electrons. The van der Waals surface area contributed by atoms with E-state index in [9.17, 15) is 9.59 Å². The van der Waals surface area contributed by atoms with Crippen LogP contribution in [0.3, 0.4) is 0 Å². The Morgan fingerprint density at radius 1 is 1.06 bits per heavy atom. The maximum absolute atomic E-state index is 12.7. The second kappa shape index (κ2) is 9.56. The normalized spacial score (nSPS) is 14.6. The van der Waals surface area contributed by atoms with E-state index in [-0.39, 0.29) is 17.7 Å². The lowest BCUT2D eigenvalue weighted by atomic mass is 9.95. The van der Waals surface area contributed by atoms with E-state index in [4.69, 9.17) is 9.47 Å². The second-order valence-electron chi connectivity index (χ2n) is 7.89. The van der Waals surface area contributed by atoms with Crippen LogP contribution < -0.4 is 20.1 Å². The zero-order valence-corrected chi connectivity index (χ0v) is 18.2. The number of para-hydroxylation sites is 1. The molecular weight excluding hydrogens is 404 g/mol. The van der Waals surface area contributed by atoms with Gasteiger partial charge in [0.25, 0.3) is 5.91 Å². The summed E-state index contributed by atoms with van der Waals surface area (Å²) in [6.45, 7) is 2.85. The van der Waals surface area contributed by atoms with Gasteiger partial charge in [-0.1, -0.05) is 42.0 Å². The van der Waals surface area contributed by atoms with Gasteiger partial charge in [0.15, 0.2) is 0 Å². The number of aryl methyl sites for hydroxylation is 1. The predicted octanol–water partition coefficient (Wildman–Crippen LogP) is 4.12. The van der Waals surface area contributed by atoms with Crippen LogP contribution in [0.1, 0.15) is 27.0 Å². The van der Waals surface area contributed by atoms with Crippen molar-refractivity contribution in [1.82, 2.24) is 5.32 Å². The van der Waals surface area contributed by atoms with Gasteiger partial charge in [0, 0.05) is 12.2 Å². The van der Waals surface area contributed by atoms with Crippen LogP contribution in [0.4, 0.5) is 5.69 Å². The maximum Gasteiger partial charge on any atom is 0.259 e. The molecule has 2 amide bonds. The molecule has 0 unspecified atom stereocenters. The Morgan fingerprint density at radius 2 is 1.84 bits per heavy atom. The molecule has 0 aromatic heterocycles. The zero-order valence-electron chi connectivity index (χ0n) is 18.2. The summed E-state index contributed by atoms with van der Waals surface area (Å²) in [5.41, 5.74) is 4.24. The average Bonchev–Trinajstić information content (AvgIpc) is 2.83. The number of methoxy groups -OCH3 is 1. The number of ether oxygens (including phenoxy) is 2. The van der Waals surface area contributed by atoms with Crippen molar-refractivity contribution in [2.75, 3.05) is 19.0 Å². The highest BCUT2D eigenvalue weighted by molar-refractivity contribution is 6.06. The minimum Gasteiger partial charge on any atom is -0.496 e. The topological polar surface area (TPSA) is 76.7 Å². The fraction of sp³-hybridized carbons (Fsp3) is 0.231. The molecule has 0 bridgehead atoms. The Hall–Kier alpha value is -3.80. The largest absolute Gasteiger partial charge is 0.496 e. The molecule has 6 nitrogen and oxygen atoms in total.